The van der Waals surface area contributed by atoms with E-state index in [-0.39, 0.29) is 11.9 Å². The molecule has 0 saturated heterocycles. The average Bonchev–Trinajstić information content (AvgIpc) is 2.54. The van der Waals surface area contributed by atoms with Crippen LogP contribution < -0.4 is 10.1 Å². The van der Waals surface area contributed by atoms with Gasteiger partial charge >= 0.3 is 0 Å². The normalized spacial score (nSPS) is 11.8. The first kappa shape index (κ1) is 16.1. The maximum Gasteiger partial charge on any atom is 0.251 e. The number of hydrogen-bond donors (Lipinski definition) is 1. The highest BCUT2D eigenvalue weighted by atomic mass is 16.5. The van der Waals surface area contributed by atoms with Crippen molar-refractivity contribution in [3.63, 3.8) is 0 Å². The predicted molar refractivity (Wildman–Crippen MR) is 89.3 cm³/mol. The van der Waals surface area contributed by atoms with Crippen LogP contribution in [0, 0.1) is 6.92 Å². The summed E-state index contributed by atoms with van der Waals surface area (Å²) < 4.78 is 5.39. The molecule has 3 nitrogen and oxygen atoms in total. The van der Waals surface area contributed by atoms with Gasteiger partial charge in [0.1, 0.15) is 5.75 Å². The Labute approximate surface area is 132 Å². The minimum Gasteiger partial charge on any atom is -0.494 e. The molecule has 0 aliphatic heterocycles. The van der Waals surface area contributed by atoms with E-state index in [1.807, 2.05) is 19.1 Å². The quantitative estimate of drug-likeness (QED) is 0.864. The molecule has 2 aromatic carbocycles. The fraction of sp³-hybridized carbons (Fsp3) is 0.316. The maximum absolute atomic E-state index is 12.4. The molecule has 1 amide bonds. The second-order valence-electron chi connectivity index (χ2n) is 5.30. The Morgan fingerprint density at radius 2 is 1.68 bits per heavy atom. The van der Waals surface area contributed by atoms with Crippen molar-refractivity contribution in [3.8, 4) is 5.75 Å². The zero-order chi connectivity index (χ0) is 15.9. The van der Waals surface area contributed by atoms with Crippen LogP contribution >= 0.6 is 0 Å². The summed E-state index contributed by atoms with van der Waals surface area (Å²) in [7, 11) is 0. The van der Waals surface area contributed by atoms with Gasteiger partial charge in [-0.1, -0.05) is 36.8 Å². The van der Waals surface area contributed by atoms with E-state index in [4.69, 9.17) is 4.74 Å². The lowest BCUT2D eigenvalue weighted by molar-refractivity contribution is 0.0935. The van der Waals surface area contributed by atoms with E-state index in [0.717, 1.165) is 17.7 Å². The van der Waals surface area contributed by atoms with Crippen LogP contribution in [0.3, 0.4) is 0 Å². The molecule has 116 valence electrons. The Hall–Kier alpha value is -2.29. The lowest BCUT2D eigenvalue weighted by Crippen LogP contribution is -2.28. The molecule has 1 N–H and O–H groups in total. The van der Waals surface area contributed by atoms with Crippen molar-refractivity contribution >= 4 is 5.91 Å². The number of aryl methyl sites for hydroxylation is 1. The fourth-order valence-electron chi connectivity index (χ4n) is 2.33. The highest BCUT2D eigenvalue weighted by Crippen LogP contribution is 2.18. The van der Waals surface area contributed by atoms with Gasteiger partial charge in [0.05, 0.1) is 12.6 Å². The molecule has 0 saturated carbocycles. The fourth-order valence-corrected chi connectivity index (χ4v) is 2.33. The molecule has 0 fully saturated rings. The zero-order valence-corrected chi connectivity index (χ0v) is 13.4. The van der Waals surface area contributed by atoms with Gasteiger partial charge in [-0.2, -0.15) is 0 Å². The molecule has 2 aromatic rings. The number of carbonyl (C=O) groups excluding carboxylic acids is 1. The second kappa shape index (κ2) is 7.64. The van der Waals surface area contributed by atoms with Crippen LogP contribution in [0.2, 0.25) is 0 Å². The summed E-state index contributed by atoms with van der Waals surface area (Å²) in [5.41, 5.74) is 3.00. The summed E-state index contributed by atoms with van der Waals surface area (Å²) in [6.07, 6.45) is 0.853. The number of rotatable bonds is 6. The lowest BCUT2D eigenvalue weighted by Gasteiger charge is -2.18. The van der Waals surface area contributed by atoms with E-state index in [1.54, 1.807) is 12.1 Å². The number of carbonyl (C=O) groups is 1. The van der Waals surface area contributed by atoms with Crippen molar-refractivity contribution in [1.29, 1.82) is 0 Å². The van der Waals surface area contributed by atoms with Gasteiger partial charge in [-0.3, -0.25) is 4.79 Å². The smallest absolute Gasteiger partial charge is 0.251 e. The summed E-state index contributed by atoms with van der Waals surface area (Å²) in [6.45, 7) is 6.69. The summed E-state index contributed by atoms with van der Waals surface area (Å²) >= 11 is 0. The standard InChI is InChI=1S/C19H23NO2/c1-4-18(15-8-6-14(3)7-9-15)20-19(21)16-10-12-17(13-11-16)22-5-2/h6-13,18H,4-5H2,1-3H3,(H,20,21). The average molecular weight is 297 g/mol. The maximum atomic E-state index is 12.4. The Morgan fingerprint density at radius 1 is 1.05 bits per heavy atom. The molecule has 0 aromatic heterocycles. The van der Waals surface area contributed by atoms with Gasteiger partial charge in [-0.05, 0) is 50.1 Å². The van der Waals surface area contributed by atoms with Crippen LogP contribution in [0.4, 0.5) is 0 Å². The Morgan fingerprint density at radius 3 is 2.23 bits per heavy atom. The Bertz CT molecular complexity index is 602. The van der Waals surface area contributed by atoms with Crippen molar-refractivity contribution < 1.29 is 9.53 Å². The molecule has 22 heavy (non-hydrogen) atoms. The van der Waals surface area contributed by atoms with E-state index >= 15 is 0 Å². The third kappa shape index (κ3) is 4.10. The van der Waals surface area contributed by atoms with E-state index in [0.29, 0.717) is 12.2 Å². The first-order chi connectivity index (χ1) is 10.6. The summed E-state index contributed by atoms with van der Waals surface area (Å²) in [5.74, 6) is 0.722. The minimum absolute atomic E-state index is 0.0275. The highest BCUT2D eigenvalue weighted by Gasteiger charge is 2.14. The molecule has 1 unspecified atom stereocenters. The van der Waals surface area contributed by atoms with Gasteiger partial charge < -0.3 is 10.1 Å². The monoisotopic (exact) mass is 297 g/mol. The topological polar surface area (TPSA) is 38.3 Å². The van der Waals surface area contributed by atoms with Crippen LogP contribution in [-0.4, -0.2) is 12.5 Å². The molecule has 0 bridgehead atoms. The number of hydrogen-bond acceptors (Lipinski definition) is 2. The number of ether oxygens (including phenoxy) is 1. The van der Waals surface area contributed by atoms with Crippen LogP contribution in [0.25, 0.3) is 0 Å². The van der Waals surface area contributed by atoms with Crippen LogP contribution in [0.5, 0.6) is 5.75 Å². The van der Waals surface area contributed by atoms with Gasteiger partial charge in [-0.25, -0.2) is 0 Å². The third-order valence-corrected chi connectivity index (χ3v) is 3.62. The van der Waals surface area contributed by atoms with Gasteiger partial charge in [-0.15, -0.1) is 0 Å². The van der Waals surface area contributed by atoms with Crippen molar-refractivity contribution in [1.82, 2.24) is 5.32 Å². The third-order valence-electron chi connectivity index (χ3n) is 3.62. The molecule has 0 heterocycles. The van der Waals surface area contributed by atoms with Crippen LogP contribution in [0.1, 0.15) is 47.8 Å². The van der Waals surface area contributed by atoms with Gasteiger partial charge in [0.25, 0.3) is 5.91 Å². The van der Waals surface area contributed by atoms with E-state index < -0.39 is 0 Å². The van der Waals surface area contributed by atoms with E-state index in [9.17, 15) is 4.79 Å². The SMILES string of the molecule is CCOc1ccc(C(=O)NC(CC)c2ccc(C)cc2)cc1. The molecule has 0 radical (unpaired) electrons. The molecule has 2 rings (SSSR count). The molecular formula is C19H23NO2. The van der Waals surface area contributed by atoms with Crippen molar-refractivity contribution in [2.24, 2.45) is 0 Å². The molecule has 1 atom stereocenters. The lowest BCUT2D eigenvalue weighted by atomic mass is 10.0. The number of amides is 1. The molecular weight excluding hydrogens is 274 g/mol. The van der Waals surface area contributed by atoms with Crippen molar-refractivity contribution in [2.45, 2.75) is 33.2 Å². The van der Waals surface area contributed by atoms with Crippen molar-refractivity contribution in [3.05, 3.63) is 65.2 Å². The van der Waals surface area contributed by atoms with E-state index in [2.05, 4.69) is 43.4 Å². The van der Waals surface area contributed by atoms with E-state index in [1.165, 1.54) is 5.56 Å². The molecule has 0 spiro atoms. The van der Waals surface area contributed by atoms with Gasteiger partial charge in [0.15, 0.2) is 0 Å². The largest absolute Gasteiger partial charge is 0.494 e. The highest BCUT2D eigenvalue weighted by molar-refractivity contribution is 5.94. The summed E-state index contributed by atoms with van der Waals surface area (Å²) in [6, 6.07) is 15.5. The Balaban J connectivity index is 2.06. The van der Waals surface area contributed by atoms with Gasteiger partial charge in [0.2, 0.25) is 0 Å². The molecule has 0 aliphatic carbocycles. The van der Waals surface area contributed by atoms with Crippen LogP contribution in [-0.2, 0) is 0 Å². The first-order valence-corrected chi connectivity index (χ1v) is 7.74. The second-order valence-corrected chi connectivity index (χ2v) is 5.30. The Kier molecular flexibility index (Phi) is 5.59. The zero-order valence-electron chi connectivity index (χ0n) is 13.4. The van der Waals surface area contributed by atoms with Crippen LogP contribution in [0.15, 0.2) is 48.5 Å². The summed E-state index contributed by atoms with van der Waals surface area (Å²) in [4.78, 5) is 12.4. The number of nitrogens with one attached hydrogen (secondary N) is 1. The summed E-state index contributed by atoms with van der Waals surface area (Å²) in [5, 5.41) is 3.09. The number of benzene rings is 2. The molecule has 0 aliphatic rings. The van der Waals surface area contributed by atoms with Crippen molar-refractivity contribution in [2.75, 3.05) is 6.61 Å². The first-order valence-electron chi connectivity index (χ1n) is 7.74. The van der Waals surface area contributed by atoms with Gasteiger partial charge in [0, 0.05) is 5.56 Å². The predicted octanol–water partition coefficient (Wildman–Crippen LogP) is 4.27. The minimum atomic E-state index is -0.0597. The molecule has 3 heteroatoms.